The van der Waals surface area contributed by atoms with E-state index in [4.69, 9.17) is 4.74 Å². The van der Waals surface area contributed by atoms with E-state index in [1.807, 2.05) is 72.8 Å². The van der Waals surface area contributed by atoms with Crippen LogP contribution < -0.4 is 0 Å². The molecule has 0 spiro atoms. The van der Waals surface area contributed by atoms with Crippen molar-refractivity contribution in [2.24, 2.45) is 0 Å². The van der Waals surface area contributed by atoms with Crippen LogP contribution in [0.15, 0.2) is 72.8 Å². The predicted octanol–water partition coefficient (Wildman–Crippen LogP) is 5.44. The molecule has 3 aromatic carbocycles. The molecule has 1 amide bonds. The standard InChI is InChI=1S/C25H25NO3S/c1-2-3-16-29-25(28)22-17-30-24(19-11-5-4-6-12-19)26(22)23(27)21-15-9-13-18-10-7-8-14-20(18)21/h4-15,22,24H,2-3,16-17H2,1H3. The van der Waals surface area contributed by atoms with Gasteiger partial charge in [0.2, 0.25) is 0 Å². The Hall–Kier alpha value is -2.79. The molecule has 0 bridgehead atoms. The van der Waals surface area contributed by atoms with E-state index in [2.05, 4.69) is 6.92 Å². The first-order valence-electron chi connectivity index (χ1n) is 10.3. The van der Waals surface area contributed by atoms with Gasteiger partial charge in [-0.3, -0.25) is 4.79 Å². The molecule has 0 N–H and O–H groups in total. The number of thioether (sulfide) groups is 1. The summed E-state index contributed by atoms with van der Waals surface area (Å²) < 4.78 is 5.51. The average molecular weight is 420 g/mol. The maximum Gasteiger partial charge on any atom is 0.329 e. The monoisotopic (exact) mass is 419 g/mol. The summed E-state index contributed by atoms with van der Waals surface area (Å²) in [6, 6.07) is 22.9. The Balaban J connectivity index is 1.71. The lowest BCUT2D eigenvalue weighted by Crippen LogP contribution is -2.44. The van der Waals surface area contributed by atoms with Crippen molar-refractivity contribution >= 4 is 34.4 Å². The first-order chi connectivity index (χ1) is 14.7. The third-order valence-electron chi connectivity index (χ3n) is 5.35. The second-order valence-electron chi connectivity index (χ2n) is 7.37. The largest absolute Gasteiger partial charge is 0.464 e. The Kier molecular flexibility index (Phi) is 6.38. The van der Waals surface area contributed by atoms with E-state index in [-0.39, 0.29) is 17.3 Å². The zero-order chi connectivity index (χ0) is 20.9. The van der Waals surface area contributed by atoms with Crippen LogP contribution in [-0.2, 0) is 9.53 Å². The smallest absolute Gasteiger partial charge is 0.329 e. The van der Waals surface area contributed by atoms with Crippen LogP contribution in [0.1, 0.15) is 41.1 Å². The van der Waals surface area contributed by atoms with Crippen molar-refractivity contribution in [1.82, 2.24) is 4.90 Å². The molecule has 0 saturated carbocycles. The zero-order valence-corrected chi connectivity index (χ0v) is 17.8. The van der Waals surface area contributed by atoms with Gasteiger partial charge >= 0.3 is 5.97 Å². The number of carbonyl (C=O) groups excluding carboxylic acids is 2. The minimum absolute atomic E-state index is 0.136. The summed E-state index contributed by atoms with van der Waals surface area (Å²) in [5.41, 5.74) is 1.63. The minimum Gasteiger partial charge on any atom is -0.464 e. The van der Waals surface area contributed by atoms with E-state index in [0.29, 0.717) is 17.9 Å². The molecular formula is C25H25NO3S. The van der Waals surface area contributed by atoms with Crippen LogP contribution in [0.25, 0.3) is 10.8 Å². The van der Waals surface area contributed by atoms with Gasteiger partial charge in [0.15, 0.2) is 0 Å². The topological polar surface area (TPSA) is 46.6 Å². The molecule has 1 heterocycles. The Labute approximate surface area is 181 Å². The van der Waals surface area contributed by atoms with Gasteiger partial charge in [-0.05, 0) is 28.8 Å². The Morgan fingerprint density at radius 3 is 2.53 bits per heavy atom. The summed E-state index contributed by atoms with van der Waals surface area (Å²) in [5.74, 6) is 0.0761. The highest BCUT2D eigenvalue weighted by atomic mass is 32.2. The lowest BCUT2D eigenvalue weighted by molar-refractivity contribution is -0.148. The van der Waals surface area contributed by atoms with Crippen molar-refractivity contribution < 1.29 is 14.3 Å². The third kappa shape index (κ3) is 4.08. The lowest BCUT2D eigenvalue weighted by Gasteiger charge is -2.29. The van der Waals surface area contributed by atoms with E-state index < -0.39 is 6.04 Å². The van der Waals surface area contributed by atoms with Crippen LogP contribution in [-0.4, -0.2) is 35.2 Å². The van der Waals surface area contributed by atoms with Gasteiger partial charge in [0.05, 0.1) is 6.61 Å². The van der Waals surface area contributed by atoms with Gasteiger partial charge in [-0.15, -0.1) is 11.8 Å². The molecule has 0 aromatic heterocycles. The quantitative estimate of drug-likeness (QED) is 0.394. The molecule has 2 atom stereocenters. The van der Waals surface area contributed by atoms with Crippen LogP contribution in [0.5, 0.6) is 0 Å². The molecule has 1 aliphatic heterocycles. The van der Waals surface area contributed by atoms with Crippen molar-refractivity contribution in [3.8, 4) is 0 Å². The molecule has 0 aliphatic carbocycles. The summed E-state index contributed by atoms with van der Waals surface area (Å²) in [5, 5.41) is 1.68. The molecular weight excluding hydrogens is 394 g/mol. The first-order valence-corrected chi connectivity index (χ1v) is 11.4. The zero-order valence-electron chi connectivity index (χ0n) is 17.0. The van der Waals surface area contributed by atoms with Crippen molar-refractivity contribution in [3.63, 3.8) is 0 Å². The highest BCUT2D eigenvalue weighted by Gasteiger charge is 2.43. The molecule has 154 valence electrons. The Morgan fingerprint density at radius 1 is 1.00 bits per heavy atom. The molecule has 5 heteroatoms. The van der Waals surface area contributed by atoms with E-state index in [1.54, 1.807) is 16.7 Å². The van der Waals surface area contributed by atoms with Gasteiger partial charge < -0.3 is 9.64 Å². The summed E-state index contributed by atoms with van der Waals surface area (Å²) in [7, 11) is 0. The van der Waals surface area contributed by atoms with Gasteiger partial charge in [-0.25, -0.2) is 4.79 Å². The molecule has 4 rings (SSSR count). The van der Waals surface area contributed by atoms with E-state index in [1.165, 1.54) is 0 Å². The second-order valence-corrected chi connectivity index (χ2v) is 8.49. The predicted molar refractivity (Wildman–Crippen MR) is 121 cm³/mol. The third-order valence-corrected chi connectivity index (χ3v) is 6.68. The van der Waals surface area contributed by atoms with E-state index in [9.17, 15) is 9.59 Å². The van der Waals surface area contributed by atoms with Gasteiger partial charge in [0, 0.05) is 11.3 Å². The highest BCUT2D eigenvalue weighted by Crippen LogP contribution is 2.43. The molecule has 0 radical (unpaired) electrons. The maximum atomic E-state index is 13.8. The highest BCUT2D eigenvalue weighted by molar-refractivity contribution is 7.99. The number of esters is 1. The fraction of sp³-hybridized carbons (Fsp3) is 0.280. The maximum absolute atomic E-state index is 13.8. The normalized spacial score (nSPS) is 18.5. The number of fused-ring (bicyclic) bond motifs is 1. The molecule has 2 unspecified atom stereocenters. The number of benzene rings is 3. The number of unbranched alkanes of at least 4 members (excludes halogenated alkanes) is 1. The summed E-state index contributed by atoms with van der Waals surface area (Å²) >= 11 is 1.61. The molecule has 1 aliphatic rings. The fourth-order valence-corrected chi connectivity index (χ4v) is 5.19. The van der Waals surface area contributed by atoms with Crippen molar-refractivity contribution in [3.05, 3.63) is 83.9 Å². The summed E-state index contributed by atoms with van der Waals surface area (Å²) in [6.45, 7) is 2.45. The minimum atomic E-state index is -0.594. The molecule has 1 saturated heterocycles. The number of carbonyl (C=O) groups is 2. The van der Waals surface area contributed by atoms with E-state index >= 15 is 0 Å². The number of amides is 1. The van der Waals surface area contributed by atoms with Crippen molar-refractivity contribution in [2.75, 3.05) is 12.4 Å². The molecule has 1 fully saturated rings. The SMILES string of the molecule is CCCCOC(=O)C1CSC(c2ccccc2)N1C(=O)c1cccc2ccccc12. The van der Waals surface area contributed by atoms with Gasteiger partial charge in [0.1, 0.15) is 11.4 Å². The van der Waals surface area contributed by atoms with Gasteiger partial charge in [-0.1, -0.05) is 80.1 Å². The number of hydrogen-bond acceptors (Lipinski definition) is 4. The second kappa shape index (κ2) is 9.35. The van der Waals surface area contributed by atoms with Crippen LogP contribution in [0.3, 0.4) is 0 Å². The van der Waals surface area contributed by atoms with Gasteiger partial charge in [-0.2, -0.15) is 0 Å². The first kappa shape index (κ1) is 20.5. The van der Waals surface area contributed by atoms with Crippen molar-refractivity contribution in [1.29, 1.82) is 0 Å². The van der Waals surface area contributed by atoms with Crippen LogP contribution in [0, 0.1) is 0 Å². The molecule has 3 aromatic rings. The summed E-state index contributed by atoms with van der Waals surface area (Å²) in [6.07, 6.45) is 1.78. The Morgan fingerprint density at radius 2 is 1.73 bits per heavy atom. The number of ether oxygens (including phenoxy) is 1. The summed E-state index contributed by atoms with van der Waals surface area (Å²) in [4.78, 5) is 28.4. The van der Waals surface area contributed by atoms with E-state index in [0.717, 1.165) is 29.2 Å². The Bertz CT molecular complexity index is 1030. The van der Waals surface area contributed by atoms with Crippen LogP contribution >= 0.6 is 11.8 Å². The van der Waals surface area contributed by atoms with Gasteiger partial charge in [0.25, 0.3) is 5.91 Å². The van der Waals surface area contributed by atoms with Crippen LogP contribution in [0.2, 0.25) is 0 Å². The fourth-order valence-electron chi connectivity index (χ4n) is 3.77. The number of nitrogens with zero attached hydrogens (tertiary/aromatic N) is 1. The molecule has 4 nitrogen and oxygen atoms in total. The molecule has 30 heavy (non-hydrogen) atoms. The number of hydrogen-bond donors (Lipinski definition) is 0. The lowest BCUT2D eigenvalue weighted by atomic mass is 10.0. The average Bonchev–Trinajstić information content (AvgIpc) is 3.24. The van der Waals surface area contributed by atoms with Crippen LogP contribution in [0.4, 0.5) is 0 Å². The number of rotatable bonds is 6. The van der Waals surface area contributed by atoms with Crippen molar-refractivity contribution in [2.45, 2.75) is 31.2 Å².